The van der Waals surface area contributed by atoms with Gasteiger partial charge in [0, 0.05) is 5.02 Å². The minimum Gasteiger partial charge on any atom is -0.473 e. The molecule has 0 amide bonds. The van der Waals surface area contributed by atoms with Gasteiger partial charge in [0.1, 0.15) is 6.61 Å². The van der Waals surface area contributed by atoms with E-state index in [2.05, 4.69) is 5.16 Å². The standard InChI is InChI=1S/C15H13ClN2O2/c16-11-6-7-14-12(8-11)15(18-20-14)19-9-13(17)10-4-2-1-3-5-10/h1-8,13H,9,17H2. The maximum absolute atomic E-state index is 6.08. The van der Waals surface area contributed by atoms with Crippen molar-refractivity contribution >= 4 is 22.6 Å². The van der Waals surface area contributed by atoms with Gasteiger partial charge < -0.3 is 15.0 Å². The third-order valence-electron chi connectivity index (χ3n) is 3.03. The average Bonchev–Trinajstić information content (AvgIpc) is 2.88. The summed E-state index contributed by atoms with van der Waals surface area (Å²) >= 11 is 5.96. The Morgan fingerprint density at radius 2 is 2.00 bits per heavy atom. The fourth-order valence-corrected chi connectivity index (χ4v) is 2.13. The Hall–Kier alpha value is -2.04. The molecule has 20 heavy (non-hydrogen) atoms. The Morgan fingerprint density at radius 1 is 1.20 bits per heavy atom. The lowest BCUT2D eigenvalue weighted by Gasteiger charge is -2.11. The van der Waals surface area contributed by atoms with Gasteiger partial charge in [-0.1, -0.05) is 41.9 Å². The second kappa shape index (κ2) is 5.53. The molecule has 0 saturated heterocycles. The molecular weight excluding hydrogens is 276 g/mol. The minimum absolute atomic E-state index is 0.220. The van der Waals surface area contributed by atoms with E-state index in [0.717, 1.165) is 10.9 Å². The molecular formula is C15H13ClN2O2. The summed E-state index contributed by atoms with van der Waals surface area (Å²) < 4.78 is 10.8. The van der Waals surface area contributed by atoms with Crippen LogP contribution in [0, 0.1) is 0 Å². The Labute approximate surface area is 121 Å². The van der Waals surface area contributed by atoms with E-state index >= 15 is 0 Å². The van der Waals surface area contributed by atoms with Crippen LogP contribution in [0.5, 0.6) is 5.88 Å². The van der Waals surface area contributed by atoms with Gasteiger partial charge in [-0.05, 0) is 28.9 Å². The van der Waals surface area contributed by atoms with Gasteiger partial charge in [0.15, 0.2) is 5.58 Å². The predicted molar refractivity (Wildman–Crippen MR) is 77.9 cm³/mol. The molecule has 1 unspecified atom stereocenters. The molecule has 1 atom stereocenters. The van der Waals surface area contributed by atoms with E-state index in [1.54, 1.807) is 18.2 Å². The number of hydrogen-bond donors (Lipinski definition) is 1. The molecule has 0 radical (unpaired) electrons. The van der Waals surface area contributed by atoms with Crippen LogP contribution >= 0.6 is 11.6 Å². The van der Waals surface area contributed by atoms with E-state index in [-0.39, 0.29) is 6.04 Å². The summed E-state index contributed by atoms with van der Waals surface area (Å²) in [5, 5.41) is 5.25. The number of halogens is 1. The number of hydrogen-bond acceptors (Lipinski definition) is 4. The second-order valence-corrected chi connectivity index (χ2v) is 4.89. The maximum atomic E-state index is 6.08. The number of nitrogens with zero attached hydrogens (tertiary/aromatic N) is 1. The van der Waals surface area contributed by atoms with Crippen molar-refractivity contribution in [3.8, 4) is 5.88 Å². The summed E-state index contributed by atoms with van der Waals surface area (Å²) in [7, 11) is 0. The monoisotopic (exact) mass is 288 g/mol. The third-order valence-corrected chi connectivity index (χ3v) is 3.26. The van der Waals surface area contributed by atoms with Gasteiger partial charge in [-0.3, -0.25) is 0 Å². The molecule has 2 N–H and O–H groups in total. The Balaban J connectivity index is 1.75. The summed E-state index contributed by atoms with van der Waals surface area (Å²) in [4.78, 5) is 0. The SMILES string of the molecule is NC(COc1noc2ccc(Cl)cc12)c1ccccc1. The molecule has 4 nitrogen and oxygen atoms in total. The molecule has 0 aliphatic heterocycles. The Kier molecular flexibility index (Phi) is 3.58. The van der Waals surface area contributed by atoms with Gasteiger partial charge in [0.25, 0.3) is 5.88 Å². The molecule has 0 bridgehead atoms. The quantitative estimate of drug-likeness (QED) is 0.797. The zero-order chi connectivity index (χ0) is 13.9. The third kappa shape index (κ3) is 2.61. The minimum atomic E-state index is -0.220. The van der Waals surface area contributed by atoms with E-state index in [1.165, 1.54) is 0 Å². The first-order valence-electron chi connectivity index (χ1n) is 6.22. The van der Waals surface area contributed by atoms with Gasteiger partial charge in [-0.15, -0.1) is 0 Å². The number of benzene rings is 2. The zero-order valence-electron chi connectivity index (χ0n) is 10.6. The van der Waals surface area contributed by atoms with E-state index in [1.807, 2.05) is 30.3 Å². The normalized spacial score (nSPS) is 12.5. The second-order valence-electron chi connectivity index (χ2n) is 4.46. The average molecular weight is 289 g/mol. The van der Waals surface area contributed by atoms with Crippen molar-refractivity contribution in [1.29, 1.82) is 0 Å². The van der Waals surface area contributed by atoms with Gasteiger partial charge in [0.05, 0.1) is 11.4 Å². The van der Waals surface area contributed by atoms with Crippen molar-refractivity contribution in [3.05, 3.63) is 59.1 Å². The fourth-order valence-electron chi connectivity index (χ4n) is 1.96. The smallest absolute Gasteiger partial charge is 0.262 e. The highest BCUT2D eigenvalue weighted by Gasteiger charge is 2.12. The van der Waals surface area contributed by atoms with Crippen LogP contribution in [-0.4, -0.2) is 11.8 Å². The lowest BCUT2D eigenvalue weighted by Crippen LogP contribution is -2.19. The first-order valence-corrected chi connectivity index (χ1v) is 6.60. The van der Waals surface area contributed by atoms with Gasteiger partial charge in [-0.25, -0.2) is 0 Å². The van der Waals surface area contributed by atoms with Crippen LogP contribution in [0.1, 0.15) is 11.6 Å². The van der Waals surface area contributed by atoms with Crippen molar-refractivity contribution < 1.29 is 9.26 Å². The number of nitrogens with two attached hydrogens (primary N) is 1. The molecule has 0 spiro atoms. The molecule has 0 fully saturated rings. The molecule has 102 valence electrons. The van der Waals surface area contributed by atoms with Crippen molar-refractivity contribution in [2.45, 2.75) is 6.04 Å². The number of rotatable bonds is 4. The molecule has 1 aromatic heterocycles. The van der Waals surface area contributed by atoms with Crippen molar-refractivity contribution in [2.24, 2.45) is 5.73 Å². The van der Waals surface area contributed by atoms with Gasteiger partial charge >= 0.3 is 0 Å². The molecule has 0 saturated carbocycles. The summed E-state index contributed by atoms with van der Waals surface area (Å²) in [6, 6.07) is 14.8. The topological polar surface area (TPSA) is 61.3 Å². The fraction of sp³-hybridized carbons (Fsp3) is 0.133. The van der Waals surface area contributed by atoms with E-state index in [9.17, 15) is 0 Å². The number of fused-ring (bicyclic) bond motifs is 1. The van der Waals surface area contributed by atoms with Crippen molar-refractivity contribution in [3.63, 3.8) is 0 Å². The highest BCUT2D eigenvalue weighted by atomic mass is 35.5. The molecule has 0 aliphatic rings. The highest BCUT2D eigenvalue weighted by Crippen LogP contribution is 2.28. The van der Waals surface area contributed by atoms with Gasteiger partial charge in [-0.2, -0.15) is 0 Å². The largest absolute Gasteiger partial charge is 0.473 e. The van der Waals surface area contributed by atoms with Crippen LogP contribution < -0.4 is 10.5 Å². The molecule has 2 aromatic carbocycles. The van der Waals surface area contributed by atoms with Crippen LogP contribution in [0.25, 0.3) is 11.0 Å². The van der Waals surface area contributed by atoms with Crippen LogP contribution in [0.4, 0.5) is 0 Å². The summed E-state index contributed by atoms with van der Waals surface area (Å²) in [6.07, 6.45) is 0. The maximum Gasteiger partial charge on any atom is 0.262 e. The molecule has 3 rings (SSSR count). The first-order chi connectivity index (χ1) is 9.74. The van der Waals surface area contributed by atoms with Gasteiger partial charge in [0.2, 0.25) is 0 Å². The summed E-state index contributed by atoms with van der Waals surface area (Å²) in [5.41, 5.74) is 7.73. The van der Waals surface area contributed by atoms with Crippen molar-refractivity contribution in [2.75, 3.05) is 6.61 Å². The van der Waals surface area contributed by atoms with Crippen LogP contribution in [0.3, 0.4) is 0 Å². The van der Waals surface area contributed by atoms with E-state index in [0.29, 0.717) is 23.1 Å². The molecule has 3 aromatic rings. The number of ether oxygens (including phenoxy) is 1. The van der Waals surface area contributed by atoms with Crippen molar-refractivity contribution in [1.82, 2.24) is 5.16 Å². The molecule has 1 heterocycles. The highest BCUT2D eigenvalue weighted by molar-refractivity contribution is 6.31. The first kappa shape index (κ1) is 13.0. The molecule has 5 heteroatoms. The van der Waals surface area contributed by atoms with Crippen LogP contribution in [0.15, 0.2) is 53.1 Å². The number of aromatic nitrogens is 1. The van der Waals surface area contributed by atoms with E-state index in [4.69, 9.17) is 26.6 Å². The summed E-state index contributed by atoms with van der Waals surface area (Å²) in [5.74, 6) is 0.411. The van der Waals surface area contributed by atoms with E-state index < -0.39 is 0 Å². The lowest BCUT2D eigenvalue weighted by molar-refractivity contribution is 0.264. The molecule has 0 aliphatic carbocycles. The predicted octanol–water partition coefficient (Wildman–Crippen LogP) is 3.56. The Morgan fingerprint density at radius 3 is 2.80 bits per heavy atom. The van der Waals surface area contributed by atoms with Crippen LogP contribution in [0.2, 0.25) is 5.02 Å². The Bertz CT molecular complexity index is 712. The van der Waals surface area contributed by atoms with Crippen LogP contribution in [-0.2, 0) is 0 Å². The zero-order valence-corrected chi connectivity index (χ0v) is 11.4. The summed E-state index contributed by atoms with van der Waals surface area (Å²) in [6.45, 7) is 0.318. The lowest BCUT2D eigenvalue weighted by atomic mass is 10.1.